The van der Waals surface area contributed by atoms with Crippen LogP contribution in [0.2, 0.25) is 0 Å². The molecular weight excluding hydrogens is 404 g/mol. The fourth-order valence-electron chi connectivity index (χ4n) is 4.38. The molecule has 0 aromatic carbocycles. The summed E-state index contributed by atoms with van der Waals surface area (Å²) in [5.74, 6) is 1.34. The minimum Gasteiger partial charge on any atom is -0.512 e. The molecule has 0 aromatic rings. The molecule has 0 amide bonds. The van der Waals surface area contributed by atoms with Gasteiger partial charge in [-0.15, -0.1) is 11.6 Å². The Kier molecular flexibility index (Phi) is 5.58. The number of nitrogens with zero attached hydrogens (tertiary/aromatic N) is 2. The van der Waals surface area contributed by atoms with Gasteiger partial charge in [0, 0.05) is 43.3 Å². The molecule has 0 radical (unpaired) electrons. The Balaban J connectivity index is 1.21. The van der Waals surface area contributed by atoms with Crippen LogP contribution in [-0.4, -0.2) is 59.9 Å². The maximum Gasteiger partial charge on any atom is 0.207 e. The van der Waals surface area contributed by atoms with Crippen molar-refractivity contribution in [3.8, 4) is 0 Å². The van der Waals surface area contributed by atoms with Gasteiger partial charge in [0.25, 0.3) is 0 Å². The quantitative estimate of drug-likeness (QED) is 0.595. The molecule has 0 saturated carbocycles. The van der Waals surface area contributed by atoms with Gasteiger partial charge in [0.15, 0.2) is 0 Å². The van der Waals surface area contributed by atoms with Crippen molar-refractivity contribution < 1.29 is 14.6 Å². The van der Waals surface area contributed by atoms with Gasteiger partial charge < -0.3 is 30.1 Å². The molecule has 3 aliphatic heterocycles. The number of hydrogen-bond donors (Lipinski definition) is 3. The third-order valence-corrected chi connectivity index (χ3v) is 6.35. The van der Waals surface area contributed by atoms with E-state index in [-0.39, 0.29) is 23.8 Å². The van der Waals surface area contributed by atoms with E-state index in [0.717, 1.165) is 50.0 Å². The first-order valence-electron chi connectivity index (χ1n) is 10.6. The molecule has 1 saturated heterocycles. The number of aliphatic hydroxyl groups excluding tert-OH is 1. The summed E-state index contributed by atoms with van der Waals surface area (Å²) in [6, 6.07) is 0. The van der Waals surface area contributed by atoms with Crippen LogP contribution in [0.15, 0.2) is 64.4 Å². The average Bonchev–Trinajstić information content (AvgIpc) is 3.15. The fourth-order valence-corrected chi connectivity index (χ4v) is 4.75. The molecule has 0 aromatic heterocycles. The lowest BCUT2D eigenvalue weighted by molar-refractivity contribution is -0.0120. The van der Waals surface area contributed by atoms with Crippen molar-refractivity contribution in [3.63, 3.8) is 0 Å². The first-order valence-corrected chi connectivity index (χ1v) is 11.0. The van der Waals surface area contributed by atoms with E-state index in [9.17, 15) is 5.11 Å². The molecule has 3 heterocycles. The van der Waals surface area contributed by atoms with Crippen molar-refractivity contribution in [2.75, 3.05) is 26.3 Å². The lowest BCUT2D eigenvalue weighted by Crippen LogP contribution is -2.39. The first-order chi connectivity index (χ1) is 14.7. The van der Waals surface area contributed by atoms with Crippen molar-refractivity contribution in [3.05, 3.63) is 59.4 Å². The summed E-state index contributed by atoms with van der Waals surface area (Å²) in [6.45, 7) is 3.46. The smallest absolute Gasteiger partial charge is 0.207 e. The maximum atomic E-state index is 9.69. The second-order valence-electron chi connectivity index (χ2n) is 8.06. The minimum atomic E-state index is -0.378. The molecule has 2 aliphatic carbocycles. The third kappa shape index (κ3) is 4.15. The lowest BCUT2D eigenvalue weighted by Gasteiger charge is -2.32. The molecule has 160 valence electrons. The van der Waals surface area contributed by atoms with Crippen LogP contribution in [0.4, 0.5) is 0 Å². The molecule has 5 aliphatic rings. The molecule has 0 bridgehead atoms. The summed E-state index contributed by atoms with van der Waals surface area (Å²) in [5.41, 5.74) is 3.24. The molecule has 4 atom stereocenters. The number of morpholine rings is 1. The summed E-state index contributed by atoms with van der Waals surface area (Å²) in [4.78, 5) is 7.23. The highest BCUT2D eigenvalue weighted by atomic mass is 35.5. The molecular formula is C22H27ClN4O3. The van der Waals surface area contributed by atoms with Crippen molar-refractivity contribution in [1.82, 2.24) is 15.5 Å². The number of aliphatic imine (C=N–C) groups is 1. The molecule has 7 nitrogen and oxygen atoms in total. The number of ether oxygens (including phenoxy) is 2. The average molecular weight is 431 g/mol. The molecule has 5 rings (SSSR count). The standard InChI is InChI=1S/C22H27ClN4O3/c23-18-13-19-21(26-22(24-19)30-17-3-1-2-16(28)12-17)25-20(18)14-4-6-15(7-5-14)27-8-10-29-11-9-27/h1-4,6-7,14,17-18,22,24,26,28H,5,8-13H2. The molecule has 4 unspecified atom stereocenters. The maximum absolute atomic E-state index is 9.69. The van der Waals surface area contributed by atoms with Gasteiger partial charge in [0.2, 0.25) is 6.35 Å². The van der Waals surface area contributed by atoms with Crippen LogP contribution in [0.25, 0.3) is 0 Å². The van der Waals surface area contributed by atoms with Gasteiger partial charge in [-0.05, 0) is 18.6 Å². The third-order valence-electron chi connectivity index (χ3n) is 5.98. The van der Waals surface area contributed by atoms with Crippen molar-refractivity contribution >= 4 is 17.3 Å². The normalized spacial score (nSPS) is 33.4. The zero-order valence-electron chi connectivity index (χ0n) is 16.8. The SMILES string of the molecule is OC1=CC=CC(OC2NC3=C(N=C(C4C=CC(N5CCOCC5)=CC4)C(Cl)C3)N2)C1. The second-order valence-corrected chi connectivity index (χ2v) is 8.58. The highest BCUT2D eigenvalue weighted by Gasteiger charge is 2.34. The zero-order chi connectivity index (χ0) is 20.5. The van der Waals surface area contributed by atoms with Crippen molar-refractivity contribution in [2.24, 2.45) is 10.9 Å². The van der Waals surface area contributed by atoms with Crippen LogP contribution >= 0.6 is 11.6 Å². The number of rotatable bonds is 4. The Bertz CT molecular complexity index is 870. The minimum absolute atomic E-state index is 0.147. The number of aliphatic hydroxyl groups is 1. The Morgan fingerprint density at radius 2 is 2.07 bits per heavy atom. The topological polar surface area (TPSA) is 78.4 Å². The summed E-state index contributed by atoms with van der Waals surface area (Å²) < 4.78 is 11.5. The van der Waals surface area contributed by atoms with Gasteiger partial charge in [0.1, 0.15) is 5.82 Å². The van der Waals surface area contributed by atoms with Gasteiger partial charge in [-0.2, -0.15) is 0 Å². The van der Waals surface area contributed by atoms with Crippen molar-refractivity contribution in [1.29, 1.82) is 0 Å². The molecule has 1 fully saturated rings. The van der Waals surface area contributed by atoms with Gasteiger partial charge in [-0.3, -0.25) is 0 Å². The highest BCUT2D eigenvalue weighted by molar-refractivity contribution is 6.33. The van der Waals surface area contributed by atoms with Crippen LogP contribution in [0.5, 0.6) is 0 Å². The van der Waals surface area contributed by atoms with Gasteiger partial charge in [-0.25, -0.2) is 4.99 Å². The molecule has 8 heteroatoms. The van der Waals surface area contributed by atoms with E-state index >= 15 is 0 Å². The largest absolute Gasteiger partial charge is 0.512 e. The van der Waals surface area contributed by atoms with Crippen LogP contribution in [-0.2, 0) is 9.47 Å². The molecule has 3 N–H and O–H groups in total. The van der Waals surface area contributed by atoms with E-state index in [2.05, 4.69) is 33.8 Å². The van der Waals surface area contributed by atoms with Crippen LogP contribution in [0.3, 0.4) is 0 Å². The summed E-state index contributed by atoms with van der Waals surface area (Å²) in [6.07, 6.45) is 13.6. The van der Waals surface area contributed by atoms with Gasteiger partial charge >= 0.3 is 0 Å². The van der Waals surface area contributed by atoms with E-state index in [4.69, 9.17) is 26.1 Å². The summed E-state index contributed by atoms with van der Waals surface area (Å²) in [7, 11) is 0. The van der Waals surface area contributed by atoms with Crippen LogP contribution < -0.4 is 10.6 Å². The van der Waals surface area contributed by atoms with Gasteiger partial charge in [0.05, 0.1) is 36.2 Å². The fraction of sp³-hybridized carbons (Fsp3) is 0.500. The highest BCUT2D eigenvalue weighted by Crippen LogP contribution is 2.31. The van der Waals surface area contributed by atoms with E-state index in [1.165, 1.54) is 5.70 Å². The van der Waals surface area contributed by atoms with E-state index in [0.29, 0.717) is 18.6 Å². The van der Waals surface area contributed by atoms with Gasteiger partial charge in [-0.1, -0.05) is 24.3 Å². The summed E-state index contributed by atoms with van der Waals surface area (Å²) in [5, 5.41) is 16.2. The number of allylic oxidation sites excluding steroid dienone is 6. The Morgan fingerprint density at radius 1 is 1.20 bits per heavy atom. The summed E-state index contributed by atoms with van der Waals surface area (Å²) >= 11 is 6.72. The van der Waals surface area contributed by atoms with E-state index in [1.807, 2.05) is 12.2 Å². The molecule has 30 heavy (non-hydrogen) atoms. The van der Waals surface area contributed by atoms with Crippen LogP contribution in [0.1, 0.15) is 19.3 Å². The number of hydrogen-bond acceptors (Lipinski definition) is 7. The Labute approximate surface area is 181 Å². The predicted octanol–water partition coefficient (Wildman–Crippen LogP) is 2.66. The Morgan fingerprint density at radius 3 is 2.83 bits per heavy atom. The molecule has 0 spiro atoms. The number of alkyl halides is 1. The second kappa shape index (κ2) is 8.49. The predicted molar refractivity (Wildman–Crippen MR) is 116 cm³/mol. The Hall–Kier alpha value is -2.22. The monoisotopic (exact) mass is 430 g/mol. The zero-order valence-corrected chi connectivity index (χ0v) is 17.5. The lowest BCUT2D eigenvalue weighted by atomic mass is 9.89. The number of halogens is 1. The van der Waals surface area contributed by atoms with E-state index in [1.54, 1.807) is 6.08 Å². The van der Waals surface area contributed by atoms with Crippen LogP contribution in [0, 0.1) is 5.92 Å². The van der Waals surface area contributed by atoms with E-state index < -0.39 is 0 Å². The number of nitrogens with one attached hydrogen (secondary N) is 2. The first kappa shape index (κ1) is 19.7. The van der Waals surface area contributed by atoms with Crippen molar-refractivity contribution in [2.45, 2.75) is 37.1 Å².